The van der Waals surface area contributed by atoms with Gasteiger partial charge in [-0.1, -0.05) is 12.1 Å². The summed E-state index contributed by atoms with van der Waals surface area (Å²) in [5, 5.41) is 9.16. The largest absolute Gasteiger partial charge is 0.494 e. The van der Waals surface area contributed by atoms with Crippen molar-refractivity contribution in [3.8, 4) is 5.75 Å². The third-order valence-electron chi connectivity index (χ3n) is 3.06. The first-order valence-corrected chi connectivity index (χ1v) is 5.71. The predicted molar refractivity (Wildman–Crippen MR) is 60.9 cm³/mol. The van der Waals surface area contributed by atoms with Gasteiger partial charge in [0.2, 0.25) is 0 Å². The van der Waals surface area contributed by atoms with Crippen LogP contribution in [0.4, 0.5) is 0 Å². The quantitative estimate of drug-likeness (QED) is 0.851. The van der Waals surface area contributed by atoms with E-state index in [2.05, 4.69) is 0 Å². The van der Waals surface area contributed by atoms with Crippen LogP contribution in [0.3, 0.4) is 0 Å². The van der Waals surface area contributed by atoms with Crippen molar-refractivity contribution in [1.29, 1.82) is 0 Å². The van der Waals surface area contributed by atoms with Gasteiger partial charge in [0.15, 0.2) is 0 Å². The molecule has 3 heteroatoms. The number of aliphatic carboxylic acids is 1. The number of carboxylic acid groups (broad SMARTS) is 1. The van der Waals surface area contributed by atoms with Crippen LogP contribution >= 0.6 is 0 Å². The maximum Gasteiger partial charge on any atom is 0.310 e. The SMILES string of the molecule is CCOc1cccc2c1CCCC2C(=O)O. The van der Waals surface area contributed by atoms with Crippen LogP contribution in [0.5, 0.6) is 5.75 Å². The molecule has 1 aliphatic rings. The first kappa shape index (κ1) is 11.0. The second-order valence-electron chi connectivity index (χ2n) is 4.04. The Bertz CT molecular complexity index is 398. The Morgan fingerprint density at radius 3 is 3.06 bits per heavy atom. The number of hydrogen-bond donors (Lipinski definition) is 1. The molecule has 3 nitrogen and oxygen atoms in total. The first-order valence-electron chi connectivity index (χ1n) is 5.71. The molecule has 0 heterocycles. The van der Waals surface area contributed by atoms with E-state index >= 15 is 0 Å². The van der Waals surface area contributed by atoms with Gasteiger partial charge in [-0.2, -0.15) is 0 Å². The second kappa shape index (κ2) is 4.56. The lowest BCUT2D eigenvalue weighted by molar-refractivity contribution is -0.139. The highest BCUT2D eigenvalue weighted by molar-refractivity contribution is 5.77. The van der Waals surface area contributed by atoms with Gasteiger partial charge < -0.3 is 9.84 Å². The molecule has 0 aliphatic heterocycles. The molecule has 1 unspecified atom stereocenters. The third-order valence-corrected chi connectivity index (χ3v) is 3.06. The van der Waals surface area contributed by atoms with E-state index in [1.165, 1.54) is 0 Å². The van der Waals surface area contributed by atoms with E-state index in [0.717, 1.165) is 36.1 Å². The fraction of sp³-hybridized carbons (Fsp3) is 0.462. The lowest BCUT2D eigenvalue weighted by Gasteiger charge is -2.24. The van der Waals surface area contributed by atoms with Gasteiger partial charge in [-0.3, -0.25) is 4.79 Å². The van der Waals surface area contributed by atoms with E-state index < -0.39 is 5.97 Å². The summed E-state index contributed by atoms with van der Waals surface area (Å²) in [4.78, 5) is 11.1. The normalized spacial score (nSPS) is 18.9. The summed E-state index contributed by atoms with van der Waals surface area (Å²) in [7, 11) is 0. The molecular weight excluding hydrogens is 204 g/mol. The van der Waals surface area contributed by atoms with Crippen LogP contribution in [0.25, 0.3) is 0 Å². The number of hydrogen-bond acceptors (Lipinski definition) is 2. The molecule has 0 spiro atoms. The molecule has 1 N–H and O–H groups in total. The monoisotopic (exact) mass is 220 g/mol. The molecule has 16 heavy (non-hydrogen) atoms. The average molecular weight is 220 g/mol. The van der Waals surface area contributed by atoms with Crippen LogP contribution in [-0.2, 0) is 11.2 Å². The maximum atomic E-state index is 11.1. The summed E-state index contributed by atoms with van der Waals surface area (Å²) in [5.41, 5.74) is 2.02. The molecular formula is C13H16O3. The Kier molecular flexibility index (Phi) is 3.13. The zero-order valence-corrected chi connectivity index (χ0v) is 9.40. The van der Waals surface area contributed by atoms with Crippen LogP contribution in [0.15, 0.2) is 18.2 Å². The van der Waals surface area contributed by atoms with Crippen LogP contribution in [0.2, 0.25) is 0 Å². The fourth-order valence-corrected chi connectivity index (χ4v) is 2.36. The molecule has 0 aromatic heterocycles. The molecule has 1 aliphatic carbocycles. The number of fused-ring (bicyclic) bond motifs is 1. The minimum absolute atomic E-state index is 0.357. The van der Waals surface area contributed by atoms with Gasteiger partial charge in [0.1, 0.15) is 5.75 Å². The molecule has 1 atom stereocenters. The van der Waals surface area contributed by atoms with E-state index in [1.54, 1.807) is 0 Å². The predicted octanol–water partition coefficient (Wildman–Crippen LogP) is 2.59. The Morgan fingerprint density at radius 2 is 2.38 bits per heavy atom. The van der Waals surface area contributed by atoms with E-state index in [4.69, 9.17) is 9.84 Å². The fourth-order valence-electron chi connectivity index (χ4n) is 2.36. The molecule has 0 amide bonds. The van der Waals surface area contributed by atoms with Gasteiger partial charge in [0.05, 0.1) is 12.5 Å². The van der Waals surface area contributed by atoms with Crippen molar-refractivity contribution >= 4 is 5.97 Å². The van der Waals surface area contributed by atoms with Crippen molar-refractivity contribution < 1.29 is 14.6 Å². The van der Waals surface area contributed by atoms with Crippen LogP contribution in [0.1, 0.15) is 36.8 Å². The van der Waals surface area contributed by atoms with Crippen LogP contribution < -0.4 is 4.74 Å². The Balaban J connectivity index is 2.42. The van der Waals surface area contributed by atoms with E-state index in [9.17, 15) is 4.79 Å². The number of rotatable bonds is 3. The summed E-state index contributed by atoms with van der Waals surface area (Å²) >= 11 is 0. The van der Waals surface area contributed by atoms with Crippen molar-refractivity contribution in [3.63, 3.8) is 0 Å². The number of benzene rings is 1. The summed E-state index contributed by atoms with van der Waals surface area (Å²) in [6, 6.07) is 5.72. The zero-order chi connectivity index (χ0) is 11.5. The topological polar surface area (TPSA) is 46.5 Å². The van der Waals surface area contributed by atoms with Gasteiger partial charge in [-0.05, 0) is 43.4 Å². The van der Waals surface area contributed by atoms with Crippen molar-refractivity contribution in [2.45, 2.75) is 32.1 Å². The first-order chi connectivity index (χ1) is 7.74. The minimum atomic E-state index is -0.727. The third kappa shape index (κ3) is 1.90. The van der Waals surface area contributed by atoms with E-state index in [0.29, 0.717) is 6.61 Å². The number of carboxylic acids is 1. The van der Waals surface area contributed by atoms with Gasteiger partial charge in [0, 0.05) is 0 Å². The van der Waals surface area contributed by atoms with Gasteiger partial charge in [0.25, 0.3) is 0 Å². The minimum Gasteiger partial charge on any atom is -0.494 e. The summed E-state index contributed by atoms with van der Waals surface area (Å²) < 4.78 is 5.54. The Hall–Kier alpha value is -1.51. The van der Waals surface area contributed by atoms with Crippen LogP contribution in [-0.4, -0.2) is 17.7 Å². The van der Waals surface area contributed by atoms with Crippen LogP contribution in [0, 0.1) is 0 Å². The van der Waals surface area contributed by atoms with E-state index in [1.807, 2.05) is 25.1 Å². The average Bonchev–Trinajstić information content (AvgIpc) is 2.29. The molecule has 0 saturated carbocycles. The second-order valence-corrected chi connectivity index (χ2v) is 4.04. The molecule has 1 aromatic rings. The number of ether oxygens (including phenoxy) is 1. The van der Waals surface area contributed by atoms with Crippen molar-refractivity contribution in [2.75, 3.05) is 6.61 Å². The van der Waals surface area contributed by atoms with Gasteiger partial charge in [-0.25, -0.2) is 0 Å². The lowest BCUT2D eigenvalue weighted by atomic mass is 9.82. The van der Waals surface area contributed by atoms with E-state index in [-0.39, 0.29) is 5.92 Å². The maximum absolute atomic E-state index is 11.1. The molecule has 1 aromatic carbocycles. The molecule has 0 fully saturated rings. The summed E-state index contributed by atoms with van der Waals surface area (Å²) in [6.07, 6.45) is 2.58. The highest BCUT2D eigenvalue weighted by Crippen LogP contribution is 2.36. The molecule has 0 radical (unpaired) electrons. The van der Waals surface area contributed by atoms with Crippen molar-refractivity contribution in [3.05, 3.63) is 29.3 Å². The lowest BCUT2D eigenvalue weighted by Crippen LogP contribution is -2.18. The molecule has 0 saturated heterocycles. The summed E-state index contributed by atoms with van der Waals surface area (Å²) in [6.45, 7) is 2.56. The molecule has 0 bridgehead atoms. The van der Waals surface area contributed by atoms with Gasteiger partial charge in [-0.15, -0.1) is 0 Å². The Morgan fingerprint density at radius 1 is 1.56 bits per heavy atom. The van der Waals surface area contributed by atoms with Crippen molar-refractivity contribution in [2.24, 2.45) is 0 Å². The number of carbonyl (C=O) groups is 1. The molecule has 2 rings (SSSR count). The standard InChI is InChI=1S/C13H16O3/c1-2-16-12-8-4-5-9-10(12)6-3-7-11(9)13(14)15/h4-5,8,11H,2-3,6-7H2,1H3,(H,14,15). The Labute approximate surface area is 95.0 Å². The van der Waals surface area contributed by atoms with Gasteiger partial charge >= 0.3 is 5.97 Å². The molecule has 86 valence electrons. The zero-order valence-electron chi connectivity index (χ0n) is 9.40. The smallest absolute Gasteiger partial charge is 0.310 e. The van der Waals surface area contributed by atoms with Crippen molar-refractivity contribution in [1.82, 2.24) is 0 Å². The highest BCUT2D eigenvalue weighted by Gasteiger charge is 2.27. The summed E-state index contributed by atoms with van der Waals surface area (Å²) in [5.74, 6) is -0.232. The highest BCUT2D eigenvalue weighted by atomic mass is 16.5.